The molecule has 2 aliphatic rings. The summed E-state index contributed by atoms with van der Waals surface area (Å²) in [6.45, 7) is -0.689. The lowest BCUT2D eigenvalue weighted by Crippen LogP contribution is -2.48. The minimum atomic E-state index is -4.33. The van der Waals surface area contributed by atoms with Crippen LogP contribution in [0.3, 0.4) is 0 Å². The predicted octanol–water partition coefficient (Wildman–Crippen LogP) is -1.19. The smallest absolute Gasteiger partial charge is 0.404 e. The van der Waals surface area contributed by atoms with Crippen molar-refractivity contribution in [2.45, 2.75) is 25.0 Å². The van der Waals surface area contributed by atoms with E-state index < -0.39 is 58.2 Å². The number of aliphatic hydroxyl groups excluding tert-OH is 1. The van der Waals surface area contributed by atoms with E-state index in [1.807, 2.05) is 0 Å². The van der Waals surface area contributed by atoms with Gasteiger partial charge in [0.25, 0.3) is 5.91 Å². The number of rotatable bonds is 2. The molecule has 1 aromatic rings. The van der Waals surface area contributed by atoms with Crippen LogP contribution in [0.5, 0.6) is 5.75 Å². The lowest BCUT2D eigenvalue weighted by molar-refractivity contribution is -0.117. The molecule has 1 aliphatic heterocycles. The van der Waals surface area contributed by atoms with Crippen LogP contribution in [0.4, 0.5) is 14.9 Å². The maximum absolute atomic E-state index is 14.9. The molecule has 3 rings (SSSR count). The highest BCUT2D eigenvalue weighted by Crippen LogP contribution is 2.39. The molecule has 1 aromatic carbocycles. The lowest BCUT2D eigenvalue weighted by atomic mass is 9.85. The molecule has 5 N–H and O–H groups in total. The summed E-state index contributed by atoms with van der Waals surface area (Å²) in [6.07, 6.45) is -2.90. The molecule has 10 nitrogen and oxygen atoms in total. The van der Waals surface area contributed by atoms with Crippen LogP contribution in [-0.4, -0.2) is 54.4 Å². The van der Waals surface area contributed by atoms with Crippen LogP contribution in [-0.2, 0) is 27.8 Å². The fourth-order valence-electron chi connectivity index (χ4n) is 3.03. The number of nitrogens with one attached hydrogen (secondary N) is 2. The summed E-state index contributed by atoms with van der Waals surface area (Å²) < 4.78 is 40.8. The first-order chi connectivity index (χ1) is 11.6. The van der Waals surface area contributed by atoms with Crippen LogP contribution in [0.2, 0.25) is 0 Å². The zero-order chi connectivity index (χ0) is 18.5. The third kappa shape index (κ3) is 2.93. The average molecular weight is 375 g/mol. The highest BCUT2D eigenvalue weighted by molar-refractivity contribution is 7.92. The van der Waals surface area contributed by atoms with E-state index in [4.69, 9.17) is 5.11 Å². The Morgan fingerprint density at radius 1 is 1.40 bits per heavy atom. The van der Waals surface area contributed by atoms with Crippen molar-refractivity contribution in [3.05, 3.63) is 23.0 Å². The second kappa shape index (κ2) is 5.74. The number of aliphatic hydroxyl groups is 1. The number of anilines is 1. The van der Waals surface area contributed by atoms with E-state index in [1.54, 1.807) is 4.72 Å². The average Bonchev–Trinajstić information content (AvgIpc) is 2.73. The third-order valence-electron chi connectivity index (χ3n) is 4.11. The normalized spacial score (nSPS) is 24.6. The molecule has 136 valence electrons. The van der Waals surface area contributed by atoms with E-state index >= 15 is 0 Å². The first-order valence-electron chi connectivity index (χ1n) is 7.14. The Morgan fingerprint density at radius 2 is 2.08 bits per heavy atom. The van der Waals surface area contributed by atoms with Gasteiger partial charge in [0.15, 0.2) is 5.82 Å². The lowest BCUT2D eigenvalue weighted by Gasteiger charge is -2.31. The molecule has 1 saturated heterocycles. The molecule has 1 fully saturated rings. The van der Waals surface area contributed by atoms with Crippen LogP contribution < -0.4 is 14.3 Å². The molecule has 0 aromatic heterocycles. The van der Waals surface area contributed by atoms with Crippen molar-refractivity contribution in [2.75, 3.05) is 10.8 Å². The number of carboxylic acid groups (broad SMARTS) is 1. The van der Waals surface area contributed by atoms with Crippen LogP contribution in [0.1, 0.15) is 11.1 Å². The molecule has 0 spiro atoms. The molecule has 2 amide bonds. The van der Waals surface area contributed by atoms with Crippen LogP contribution in [0.15, 0.2) is 6.07 Å². The molecule has 0 radical (unpaired) electrons. The highest BCUT2D eigenvalue weighted by Gasteiger charge is 2.40. The SMILES string of the molecule is O=C(O)N[C@H]1Cc2c(cc(O)c(N3CC(=O)NS3(=O)=O)c2F)C[C@H]1O. The van der Waals surface area contributed by atoms with Crippen molar-refractivity contribution in [1.82, 2.24) is 10.0 Å². The number of carbonyl (C=O) groups excluding carboxylic acids is 1. The Labute approximate surface area is 141 Å². The van der Waals surface area contributed by atoms with Gasteiger partial charge in [0.05, 0.1) is 12.1 Å². The Balaban J connectivity index is 2.07. The van der Waals surface area contributed by atoms with Crippen LogP contribution in [0.25, 0.3) is 0 Å². The Kier molecular flexibility index (Phi) is 3.95. The summed E-state index contributed by atoms with van der Waals surface area (Å²) in [5.74, 6) is -2.66. The summed E-state index contributed by atoms with van der Waals surface area (Å²) in [5.41, 5.74) is -0.500. The molecule has 0 saturated carbocycles. The summed E-state index contributed by atoms with van der Waals surface area (Å²) in [6, 6.07) is 0.110. The van der Waals surface area contributed by atoms with Crippen molar-refractivity contribution in [3.8, 4) is 5.75 Å². The Morgan fingerprint density at radius 3 is 2.64 bits per heavy atom. The van der Waals surface area contributed by atoms with Crippen molar-refractivity contribution in [1.29, 1.82) is 0 Å². The molecule has 2 atom stereocenters. The van der Waals surface area contributed by atoms with Crippen molar-refractivity contribution >= 4 is 27.9 Å². The van der Waals surface area contributed by atoms with Gasteiger partial charge in [-0.15, -0.1) is 0 Å². The summed E-state index contributed by atoms with van der Waals surface area (Å²) >= 11 is 0. The largest absolute Gasteiger partial charge is 0.506 e. The first kappa shape index (κ1) is 17.2. The second-order valence-corrected chi connectivity index (χ2v) is 7.36. The van der Waals surface area contributed by atoms with Gasteiger partial charge in [-0.1, -0.05) is 0 Å². The molecule has 1 heterocycles. The summed E-state index contributed by atoms with van der Waals surface area (Å²) in [7, 11) is -4.33. The number of carbonyl (C=O) groups is 2. The van der Waals surface area contributed by atoms with E-state index in [1.165, 1.54) is 0 Å². The van der Waals surface area contributed by atoms with Gasteiger partial charge in [0.1, 0.15) is 18.0 Å². The minimum Gasteiger partial charge on any atom is -0.506 e. The number of amides is 2. The molecule has 0 unspecified atom stereocenters. The zero-order valence-corrected chi connectivity index (χ0v) is 13.4. The molecule has 0 bridgehead atoms. The monoisotopic (exact) mass is 375 g/mol. The van der Waals surface area contributed by atoms with Gasteiger partial charge in [-0.2, -0.15) is 8.42 Å². The first-order valence-corrected chi connectivity index (χ1v) is 8.58. The standard InChI is InChI=1S/C13H14FN3O7S/c14-11-6-3-7(15-13(21)22)8(18)1-5(6)2-9(19)12(11)17-4-10(20)16-25(17,23)24/h2,7-8,15,18-19H,1,3-4H2,(H,16,20)(H,21,22)/t7-,8+/m0/s1. The number of phenols is 1. The second-order valence-electron chi connectivity index (χ2n) is 5.76. The van der Waals surface area contributed by atoms with E-state index in [9.17, 15) is 32.6 Å². The number of nitrogens with zero attached hydrogens (tertiary/aromatic N) is 1. The molecular weight excluding hydrogens is 361 g/mol. The van der Waals surface area contributed by atoms with E-state index in [0.29, 0.717) is 4.31 Å². The van der Waals surface area contributed by atoms with Gasteiger partial charge >= 0.3 is 16.3 Å². The van der Waals surface area contributed by atoms with Crippen LogP contribution in [0, 0.1) is 5.82 Å². The van der Waals surface area contributed by atoms with E-state index in [0.717, 1.165) is 6.07 Å². The van der Waals surface area contributed by atoms with Gasteiger partial charge in [-0.05, 0) is 23.6 Å². The van der Waals surface area contributed by atoms with E-state index in [-0.39, 0.29) is 24.0 Å². The maximum Gasteiger partial charge on any atom is 0.404 e. The topological polar surface area (TPSA) is 156 Å². The highest BCUT2D eigenvalue weighted by atomic mass is 32.2. The number of benzene rings is 1. The number of hydrogen-bond donors (Lipinski definition) is 5. The van der Waals surface area contributed by atoms with Crippen molar-refractivity contribution in [2.24, 2.45) is 0 Å². The fraction of sp³-hybridized carbons (Fsp3) is 0.385. The number of fused-ring (bicyclic) bond motifs is 1. The number of aromatic hydroxyl groups is 1. The molecule has 1 aliphatic carbocycles. The molecule has 12 heteroatoms. The number of phenolic OH excluding ortho intramolecular Hbond substituents is 1. The van der Waals surface area contributed by atoms with Gasteiger partial charge in [0.2, 0.25) is 0 Å². The van der Waals surface area contributed by atoms with Gasteiger partial charge in [-0.25, -0.2) is 18.2 Å². The summed E-state index contributed by atoms with van der Waals surface area (Å²) in [4.78, 5) is 22.1. The quantitative estimate of drug-likeness (QED) is 0.435. The number of halogens is 1. The van der Waals surface area contributed by atoms with Gasteiger partial charge in [-0.3, -0.25) is 4.79 Å². The summed E-state index contributed by atoms with van der Waals surface area (Å²) in [5, 5.41) is 30.8. The van der Waals surface area contributed by atoms with Crippen molar-refractivity contribution in [3.63, 3.8) is 0 Å². The minimum absolute atomic E-state index is 0.0357. The van der Waals surface area contributed by atoms with Gasteiger partial charge < -0.3 is 20.6 Å². The number of hydrogen-bond acceptors (Lipinski definition) is 6. The molecular formula is C13H14FN3O7S. The maximum atomic E-state index is 14.9. The van der Waals surface area contributed by atoms with Crippen LogP contribution >= 0.6 is 0 Å². The van der Waals surface area contributed by atoms with Gasteiger partial charge in [0, 0.05) is 6.42 Å². The Hall–Kier alpha value is -2.60. The fourth-order valence-corrected chi connectivity index (χ4v) is 4.20. The van der Waals surface area contributed by atoms with Crippen molar-refractivity contribution < 1.29 is 37.7 Å². The molecule has 25 heavy (non-hydrogen) atoms. The zero-order valence-electron chi connectivity index (χ0n) is 12.6. The van der Waals surface area contributed by atoms with E-state index in [2.05, 4.69) is 5.32 Å². The third-order valence-corrected chi connectivity index (χ3v) is 5.49. The predicted molar refractivity (Wildman–Crippen MR) is 80.8 cm³/mol. The Bertz CT molecular complexity index is 873.